The Morgan fingerprint density at radius 1 is 1.19 bits per heavy atom. The minimum atomic E-state index is -0.990. The molecule has 6 heteroatoms. The molecule has 2 aromatic carbocycles. The summed E-state index contributed by atoms with van der Waals surface area (Å²) < 4.78 is 19.0. The Morgan fingerprint density at radius 3 is 2.78 bits per heavy atom. The van der Waals surface area contributed by atoms with Crippen molar-refractivity contribution in [1.29, 1.82) is 0 Å². The molecule has 3 rings (SSSR count). The van der Waals surface area contributed by atoms with Crippen LogP contribution in [0.1, 0.15) is 24.8 Å². The van der Waals surface area contributed by atoms with Crippen molar-refractivity contribution in [2.45, 2.75) is 31.3 Å². The number of hydrogen-bond donors (Lipinski definition) is 1. The summed E-state index contributed by atoms with van der Waals surface area (Å²) in [6.07, 6.45) is 1.83. The van der Waals surface area contributed by atoms with Gasteiger partial charge < -0.3 is 14.7 Å². The maximum Gasteiger partial charge on any atom is 0.226 e. The molecule has 27 heavy (non-hydrogen) atoms. The summed E-state index contributed by atoms with van der Waals surface area (Å²) in [4.78, 5) is 14.3. The number of carbonyl (C=O) groups excluding carboxylic acids is 1. The lowest BCUT2D eigenvalue weighted by atomic mass is 9.96. The van der Waals surface area contributed by atoms with Crippen molar-refractivity contribution in [2.75, 3.05) is 19.7 Å². The SMILES string of the molecule is O=C(Cc1cccc(F)c1)N1CCCC(O)(COc2cccc(Cl)c2)CC1. The number of likely N-dealkylation sites (tertiary alicyclic amines) is 1. The van der Waals surface area contributed by atoms with Crippen LogP contribution < -0.4 is 4.74 Å². The summed E-state index contributed by atoms with van der Waals surface area (Å²) in [7, 11) is 0. The number of halogens is 2. The zero-order chi connectivity index (χ0) is 19.3. The average molecular weight is 392 g/mol. The van der Waals surface area contributed by atoms with Crippen LogP contribution in [-0.4, -0.2) is 41.2 Å². The predicted octanol–water partition coefficient (Wildman–Crippen LogP) is 3.84. The number of nitrogens with zero attached hydrogens (tertiary/aromatic N) is 1. The first kappa shape index (κ1) is 19.6. The number of aliphatic hydroxyl groups is 1. The smallest absolute Gasteiger partial charge is 0.226 e. The Hall–Kier alpha value is -2.11. The van der Waals surface area contributed by atoms with Crippen molar-refractivity contribution in [3.05, 3.63) is 64.9 Å². The van der Waals surface area contributed by atoms with Gasteiger partial charge in [-0.1, -0.05) is 29.8 Å². The molecule has 0 saturated carbocycles. The fourth-order valence-electron chi connectivity index (χ4n) is 3.28. The minimum Gasteiger partial charge on any atom is -0.491 e. The molecule has 0 spiro atoms. The van der Waals surface area contributed by atoms with Gasteiger partial charge in [-0.2, -0.15) is 0 Å². The lowest BCUT2D eigenvalue weighted by Crippen LogP contribution is -2.38. The molecule has 0 aliphatic carbocycles. The third kappa shape index (κ3) is 5.68. The molecule has 1 fully saturated rings. The van der Waals surface area contributed by atoms with Gasteiger partial charge in [-0.3, -0.25) is 4.79 Å². The Bertz CT molecular complexity index is 801. The Morgan fingerprint density at radius 2 is 2.00 bits per heavy atom. The molecule has 1 heterocycles. The standard InChI is InChI=1S/C21H23ClFNO3/c22-17-5-2-7-19(14-17)27-15-21(26)8-3-10-24(11-9-21)20(25)13-16-4-1-6-18(23)12-16/h1-2,4-7,12,14,26H,3,8-11,13,15H2. The molecule has 1 saturated heterocycles. The summed E-state index contributed by atoms with van der Waals surface area (Å²) in [6, 6.07) is 13.1. The summed E-state index contributed by atoms with van der Waals surface area (Å²) >= 11 is 5.95. The number of carbonyl (C=O) groups is 1. The Labute approximate surface area is 163 Å². The zero-order valence-electron chi connectivity index (χ0n) is 15.0. The van der Waals surface area contributed by atoms with E-state index in [9.17, 15) is 14.3 Å². The van der Waals surface area contributed by atoms with E-state index in [2.05, 4.69) is 0 Å². The fraction of sp³-hybridized carbons (Fsp3) is 0.381. The topological polar surface area (TPSA) is 49.8 Å². The van der Waals surface area contributed by atoms with Crippen LogP contribution in [0.15, 0.2) is 48.5 Å². The zero-order valence-corrected chi connectivity index (χ0v) is 15.8. The second-order valence-electron chi connectivity index (χ2n) is 7.01. The highest BCUT2D eigenvalue weighted by Crippen LogP contribution is 2.25. The summed E-state index contributed by atoms with van der Waals surface area (Å²) in [6.45, 7) is 1.18. The van der Waals surface area contributed by atoms with Crippen molar-refractivity contribution < 1.29 is 19.0 Å². The van der Waals surface area contributed by atoms with Crippen molar-refractivity contribution in [3.63, 3.8) is 0 Å². The lowest BCUT2D eigenvalue weighted by molar-refractivity contribution is -0.130. The molecule has 2 aromatic rings. The molecule has 1 aliphatic rings. The molecule has 1 unspecified atom stereocenters. The summed E-state index contributed by atoms with van der Waals surface area (Å²) in [5.74, 6) is 0.212. The third-order valence-electron chi connectivity index (χ3n) is 4.82. The highest BCUT2D eigenvalue weighted by molar-refractivity contribution is 6.30. The number of hydrogen-bond acceptors (Lipinski definition) is 3. The molecule has 0 aromatic heterocycles. The van der Waals surface area contributed by atoms with Crippen LogP contribution >= 0.6 is 11.6 Å². The molecule has 1 amide bonds. The van der Waals surface area contributed by atoms with Gasteiger partial charge >= 0.3 is 0 Å². The Kier molecular flexibility index (Phi) is 6.34. The van der Waals surface area contributed by atoms with Gasteiger partial charge in [0.2, 0.25) is 5.91 Å². The van der Waals surface area contributed by atoms with Gasteiger partial charge in [-0.25, -0.2) is 4.39 Å². The molecule has 1 aliphatic heterocycles. The van der Waals surface area contributed by atoms with E-state index in [4.69, 9.17) is 16.3 Å². The van der Waals surface area contributed by atoms with Crippen LogP contribution in [0.5, 0.6) is 5.75 Å². The summed E-state index contributed by atoms with van der Waals surface area (Å²) in [5.41, 5.74) is -0.334. The van der Waals surface area contributed by atoms with Crippen LogP contribution in [0.3, 0.4) is 0 Å². The van der Waals surface area contributed by atoms with Crippen LogP contribution in [0, 0.1) is 5.82 Å². The largest absolute Gasteiger partial charge is 0.491 e. The molecule has 0 radical (unpaired) electrons. The highest BCUT2D eigenvalue weighted by atomic mass is 35.5. The maximum absolute atomic E-state index is 13.3. The molecular weight excluding hydrogens is 369 g/mol. The maximum atomic E-state index is 13.3. The predicted molar refractivity (Wildman–Crippen MR) is 102 cm³/mol. The monoisotopic (exact) mass is 391 g/mol. The van der Waals surface area contributed by atoms with Crippen LogP contribution in [0.2, 0.25) is 5.02 Å². The van der Waals surface area contributed by atoms with E-state index in [1.165, 1.54) is 12.1 Å². The highest BCUT2D eigenvalue weighted by Gasteiger charge is 2.32. The van der Waals surface area contributed by atoms with Gasteiger partial charge in [0.1, 0.15) is 23.8 Å². The lowest BCUT2D eigenvalue weighted by Gasteiger charge is -2.27. The first-order chi connectivity index (χ1) is 12.9. The number of benzene rings is 2. The van der Waals surface area contributed by atoms with Crippen molar-refractivity contribution in [2.24, 2.45) is 0 Å². The van der Waals surface area contributed by atoms with Gasteiger partial charge in [0.15, 0.2) is 0 Å². The van der Waals surface area contributed by atoms with Gasteiger partial charge in [0.05, 0.1) is 6.42 Å². The van der Waals surface area contributed by atoms with E-state index >= 15 is 0 Å². The van der Waals surface area contributed by atoms with E-state index in [0.717, 1.165) is 0 Å². The van der Waals surface area contributed by atoms with E-state index in [0.29, 0.717) is 48.7 Å². The van der Waals surface area contributed by atoms with Gasteiger partial charge in [0.25, 0.3) is 0 Å². The first-order valence-electron chi connectivity index (χ1n) is 9.07. The molecule has 0 bridgehead atoms. The third-order valence-corrected chi connectivity index (χ3v) is 5.05. The number of amides is 1. The molecule has 4 nitrogen and oxygen atoms in total. The van der Waals surface area contributed by atoms with E-state index in [-0.39, 0.29) is 24.8 Å². The fourth-order valence-corrected chi connectivity index (χ4v) is 3.46. The van der Waals surface area contributed by atoms with Crippen LogP contribution in [0.25, 0.3) is 0 Å². The quantitative estimate of drug-likeness (QED) is 0.842. The molecule has 1 atom stereocenters. The van der Waals surface area contributed by atoms with E-state index in [1.807, 2.05) is 0 Å². The molecule has 144 valence electrons. The van der Waals surface area contributed by atoms with Gasteiger partial charge in [-0.15, -0.1) is 0 Å². The number of ether oxygens (including phenoxy) is 1. The molecular formula is C21H23ClFNO3. The van der Waals surface area contributed by atoms with Crippen molar-refractivity contribution >= 4 is 17.5 Å². The average Bonchev–Trinajstić information content (AvgIpc) is 2.83. The van der Waals surface area contributed by atoms with E-state index < -0.39 is 5.60 Å². The van der Waals surface area contributed by atoms with E-state index in [1.54, 1.807) is 41.3 Å². The normalized spacial score (nSPS) is 20.2. The van der Waals surface area contributed by atoms with Crippen molar-refractivity contribution in [3.8, 4) is 5.75 Å². The van der Waals surface area contributed by atoms with Crippen molar-refractivity contribution in [1.82, 2.24) is 4.90 Å². The number of rotatable bonds is 5. The van der Waals surface area contributed by atoms with Gasteiger partial charge in [0, 0.05) is 18.1 Å². The van der Waals surface area contributed by atoms with Crippen LogP contribution in [-0.2, 0) is 11.2 Å². The van der Waals surface area contributed by atoms with Crippen LogP contribution in [0.4, 0.5) is 4.39 Å². The van der Waals surface area contributed by atoms with Gasteiger partial charge in [-0.05, 0) is 55.2 Å². The molecule has 1 N–H and O–H groups in total. The first-order valence-corrected chi connectivity index (χ1v) is 9.44. The Balaban J connectivity index is 1.55. The summed E-state index contributed by atoms with van der Waals surface area (Å²) in [5, 5.41) is 11.4. The second kappa shape index (κ2) is 8.72. The second-order valence-corrected chi connectivity index (χ2v) is 7.45. The minimum absolute atomic E-state index is 0.0550.